The van der Waals surface area contributed by atoms with Gasteiger partial charge in [0.15, 0.2) is 5.69 Å². The Morgan fingerprint density at radius 3 is 2.86 bits per heavy atom. The average molecular weight is 386 g/mol. The van der Waals surface area contributed by atoms with Gasteiger partial charge in [0.25, 0.3) is 11.8 Å². The highest BCUT2D eigenvalue weighted by Gasteiger charge is 2.66. The SMILES string of the molecule is CN1C(=O)C(O)(C#Cc2cccc(-c3nc(C(N)=O)c4ccccn34)c2)C2CC21. The number of piperidine rings is 1. The molecule has 2 amide bonds. The van der Waals surface area contributed by atoms with Crippen molar-refractivity contribution in [1.29, 1.82) is 0 Å². The monoisotopic (exact) mass is 386 g/mol. The first-order valence-electron chi connectivity index (χ1n) is 9.30. The summed E-state index contributed by atoms with van der Waals surface area (Å²) in [5.74, 6) is 5.25. The molecule has 1 aromatic carbocycles. The van der Waals surface area contributed by atoms with Crippen molar-refractivity contribution in [2.75, 3.05) is 7.05 Å². The van der Waals surface area contributed by atoms with Crippen LogP contribution in [0, 0.1) is 17.8 Å². The van der Waals surface area contributed by atoms with E-state index in [9.17, 15) is 14.7 Å². The zero-order chi connectivity index (χ0) is 20.3. The molecule has 2 aliphatic rings. The molecule has 3 N–H and O–H groups in total. The van der Waals surface area contributed by atoms with Gasteiger partial charge < -0.3 is 15.7 Å². The molecule has 2 aromatic heterocycles. The lowest BCUT2D eigenvalue weighted by Crippen LogP contribution is -2.41. The van der Waals surface area contributed by atoms with E-state index in [4.69, 9.17) is 5.73 Å². The molecule has 1 aliphatic carbocycles. The summed E-state index contributed by atoms with van der Waals surface area (Å²) in [5.41, 5.74) is 6.07. The van der Waals surface area contributed by atoms with Gasteiger partial charge in [0.2, 0.25) is 5.60 Å². The topological polar surface area (TPSA) is 101 Å². The van der Waals surface area contributed by atoms with E-state index in [0.717, 1.165) is 12.0 Å². The van der Waals surface area contributed by atoms with E-state index < -0.39 is 11.5 Å². The fourth-order valence-electron chi connectivity index (χ4n) is 4.11. The number of fused-ring (bicyclic) bond motifs is 2. The summed E-state index contributed by atoms with van der Waals surface area (Å²) >= 11 is 0. The molecule has 0 bridgehead atoms. The predicted molar refractivity (Wildman–Crippen MR) is 106 cm³/mol. The summed E-state index contributed by atoms with van der Waals surface area (Å²) in [4.78, 5) is 30.1. The van der Waals surface area contributed by atoms with Gasteiger partial charge in [0.05, 0.1) is 5.52 Å². The molecule has 7 nitrogen and oxygen atoms in total. The second-order valence-corrected chi connectivity index (χ2v) is 7.53. The number of likely N-dealkylation sites (N-methyl/N-ethyl adjacent to an activating group) is 1. The molecule has 5 rings (SSSR count). The number of imidazole rings is 1. The van der Waals surface area contributed by atoms with E-state index in [0.29, 0.717) is 16.9 Å². The van der Waals surface area contributed by atoms with Gasteiger partial charge in [0.1, 0.15) is 5.82 Å². The van der Waals surface area contributed by atoms with E-state index in [2.05, 4.69) is 16.8 Å². The van der Waals surface area contributed by atoms with E-state index in [1.54, 1.807) is 28.5 Å². The number of nitrogens with two attached hydrogens (primary N) is 1. The number of rotatable bonds is 2. The van der Waals surface area contributed by atoms with Crippen molar-refractivity contribution in [2.45, 2.75) is 18.1 Å². The van der Waals surface area contributed by atoms with Crippen LogP contribution >= 0.6 is 0 Å². The van der Waals surface area contributed by atoms with Gasteiger partial charge in [-0.1, -0.05) is 30.0 Å². The first kappa shape index (κ1) is 17.5. The maximum Gasteiger partial charge on any atom is 0.269 e. The highest BCUT2D eigenvalue weighted by Crippen LogP contribution is 2.50. The van der Waals surface area contributed by atoms with Crippen LogP contribution in [-0.4, -0.2) is 49.9 Å². The van der Waals surface area contributed by atoms with Crippen LogP contribution in [0.1, 0.15) is 22.5 Å². The number of hydrogen-bond acceptors (Lipinski definition) is 4. The number of nitrogens with zero attached hydrogens (tertiary/aromatic N) is 3. The van der Waals surface area contributed by atoms with Gasteiger partial charge in [0, 0.05) is 36.3 Å². The molecule has 3 unspecified atom stereocenters. The normalized spacial score (nSPS) is 24.9. The minimum absolute atomic E-state index is 0.0941. The Labute approximate surface area is 166 Å². The standard InChI is InChI=1S/C22H18N4O3/c1-25-17-12-15(17)22(29,21(25)28)9-8-13-5-4-6-14(11-13)20-24-18(19(23)27)16-7-2-3-10-26(16)20/h2-7,10-11,15,17,29H,12H2,1H3,(H2,23,27). The zero-order valence-electron chi connectivity index (χ0n) is 15.7. The Balaban J connectivity index is 1.55. The van der Waals surface area contributed by atoms with Crippen LogP contribution in [-0.2, 0) is 4.79 Å². The van der Waals surface area contributed by atoms with Gasteiger partial charge in [-0.3, -0.25) is 14.0 Å². The Hall–Kier alpha value is -3.63. The van der Waals surface area contributed by atoms with E-state index >= 15 is 0 Å². The lowest BCUT2D eigenvalue weighted by atomic mass is 9.98. The van der Waals surface area contributed by atoms with Crippen molar-refractivity contribution >= 4 is 17.3 Å². The van der Waals surface area contributed by atoms with Gasteiger partial charge in [-0.25, -0.2) is 4.98 Å². The van der Waals surface area contributed by atoms with Crippen molar-refractivity contribution in [3.63, 3.8) is 0 Å². The largest absolute Gasteiger partial charge is 0.369 e. The Morgan fingerprint density at radius 1 is 1.31 bits per heavy atom. The van der Waals surface area contributed by atoms with Crippen LogP contribution in [0.3, 0.4) is 0 Å². The molecule has 0 spiro atoms. The number of pyridine rings is 1. The maximum absolute atomic E-state index is 12.3. The molecule has 3 heterocycles. The minimum Gasteiger partial charge on any atom is -0.369 e. The highest BCUT2D eigenvalue weighted by atomic mass is 16.3. The number of carbonyl (C=O) groups is 2. The quantitative estimate of drug-likeness (QED) is 0.643. The zero-order valence-corrected chi connectivity index (χ0v) is 15.7. The third-order valence-electron chi connectivity index (χ3n) is 5.74. The summed E-state index contributed by atoms with van der Waals surface area (Å²) in [6, 6.07) is 12.8. The Kier molecular flexibility index (Phi) is 3.57. The second-order valence-electron chi connectivity index (χ2n) is 7.53. The predicted octanol–water partition coefficient (Wildman–Crippen LogP) is 1.04. The van der Waals surface area contributed by atoms with Crippen molar-refractivity contribution in [1.82, 2.24) is 14.3 Å². The van der Waals surface area contributed by atoms with Crippen molar-refractivity contribution in [2.24, 2.45) is 11.7 Å². The van der Waals surface area contributed by atoms with Gasteiger partial charge >= 0.3 is 0 Å². The molecule has 144 valence electrons. The summed E-state index contributed by atoms with van der Waals surface area (Å²) in [5, 5.41) is 10.8. The van der Waals surface area contributed by atoms with Gasteiger partial charge in [-0.2, -0.15) is 0 Å². The Bertz CT molecular complexity index is 1250. The van der Waals surface area contributed by atoms with Crippen LogP contribution < -0.4 is 5.73 Å². The van der Waals surface area contributed by atoms with Gasteiger partial charge in [-0.15, -0.1) is 0 Å². The smallest absolute Gasteiger partial charge is 0.269 e. The van der Waals surface area contributed by atoms with Crippen LogP contribution in [0.4, 0.5) is 0 Å². The summed E-state index contributed by atoms with van der Waals surface area (Å²) < 4.78 is 1.80. The summed E-state index contributed by atoms with van der Waals surface area (Å²) in [6.45, 7) is 0. The molecular weight excluding hydrogens is 368 g/mol. The maximum atomic E-state index is 12.3. The third-order valence-corrected chi connectivity index (χ3v) is 5.74. The third kappa shape index (κ3) is 2.53. The minimum atomic E-state index is -1.62. The lowest BCUT2D eigenvalue weighted by Gasteiger charge is -2.18. The van der Waals surface area contributed by atoms with E-state index in [1.807, 2.05) is 36.5 Å². The Morgan fingerprint density at radius 2 is 2.14 bits per heavy atom. The van der Waals surface area contributed by atoms with Crippen molar-refractivity contribution in [3.05, 3.63) is 59.9 Å². The number of hydrogen-bond donors (Lipinski definition) is 2. The first-order valence-corrected chi connectivity index (χ1v) is 9.30. The van der Waals surface area contributed by atoms with Crippen LogP contribution in [0.5, 0.6) is 0 Å². The molecule has 1 aliphatic heterocycles. The number of carbonyl (C=O) groups excluding carboxylic acids is 2. The number of amides is 2. The molecule has 2 fully saturated rings. The van der Waals surface area contributed by atoms with Crippen molar-refractivity contribution < 1.29 is 14.7 Å². The average Bonchev–Trinajstić information content (AvgIpc) is 3.40. The van der Waals surface area contributed by atoms with E-state index in [-0.39, 0.29) is 23.6 Å². The van der Waals surface area contributed by atoms with Gasteiger partial charge in [-0.05, 0) is 30.7 Å². The number of aromatic nitrogens is 2. The molecule has 3 aromatic rings. The molecule has 7 heteroatoms. The number of aliphatic hydroxyl groups is 1. The fourth-order valence-corrected chi connectivity index (χ4v) is 4.11. The summed E-state index contributed by atoms with van der Waals surface area (Å²) in [7, 11) is 1.70. The molecule has 1 saturated carbocycles. The van der Waals surface area contributed by atoms with E-state index in [1.165, 1.54) is 0 Å². The van der Waals surface area contributed by atoms with Crippen LogP contribution in [0.25, 0.3) is 16.9 Å². The molecule has 3 atom stereocenters. The van der Waals surface area contributed by atoms with Crippen molar-refractivity contribution in [3.8, 4) is 23.2 Å². The van der Waals surface area contributed by atoms with Crippen LogP contribution in [0.2, 0.25) is 0 Å². The van der Waals surface area contributed by atoms with Crippen LogP contribution in [0.15, 0.2) is 48.7 Å². The second kappa shape index (κ2) is 5.93. The summed E-state index contributed by atoms with van der Waals surface area (Å²) in [6.07, 6.45) is 2.59. The fraction of sp³-hybridized carbons (Fsp3) is 0.227. The first-order chi connectivity index (χ1) is 13.9. The molecule has 0 radical (unpaired) electrons. The number of likely N-dealkylation sites (tertiary alicyclic amines) is 1. The molecule has 1 saturated heterocycles. The number of benzene rings is 1. The lowest BCUT2D eigenvalue weighted by molar-refractivity contribution is -0.140. The molecular formula is C22H18N4O3. The highest BCUT2D eigenvalue weighted by molar-refractivity contribution is 5.99. The molecule has 29 heavy (non-hydrogen) atoms. The number of primary amides is 1.